The molecule has 0 saturated carbocycles. The van der Waals surface area contributed by atoms with Crippen molar-refractivity contribution in [3.05, 3.63) is 0 Å². The summed E-state index contributed by atoms with van der Waals surface area (Å²) in [6, 6.07) is 0. The van der Waals surface area contributed by atoms with Gasteiger partial charge in [-0.05, 0) is 24.3 Å². The number of thioether (sulfide) groups is 1. The van der Waals surface area contributed by atoms with Crippen LogP contribution in [0.5, 0.6) is 0 Å². The van der Waals surface area contributed by atoms with Gasteiger partial charge in [0.05, 0.1) is 0 Å². The third-order valence-electron chi connectivity index (χ3n) is 1.31. The molecule has 0 aromatic carbocycles. The van der Waals surface area contributed by atoms with Gasteiger partial charge >= 0.3 is 0 Å². The largest absolute Gasteiger partial charge is 0.162 e. The van der Waals surface area contributed by atoms with E-state index in [4.69, 9.17) is 6.42 Å². The highest BCUT2D eigenvalue weighted by molar-refractivity contribution is 7.99. The monoisotopic (exact) mass is 156 g/mol. The highest BCUT2D eigenvalue weighted by atomic mass is 32.2. The van der Waals surface area contributed by atoms with Gasteiger partial charge in [-0.25, -0.2) is 0 Å². The first-order valence-corrected chi connectivity index (χ1v) is 5.08. The number of hydrogen-bond donors (Lipinski definition) is 0. The Labute approximate surface area is 68.8 Å². The molecule has 0 saturated heterocycles. The zero-order valence-corrected chi connectivity index (χ0v) is 7.54. The van der Waals surface area contributed by atoms with Crippen molar-refractivity contribution in [3.63, 3.8) is 0 Å². The molecule has 0 unspecified atom stereocenters. The fourth-order valence-electron chi connectivity index (χ4n) is 0.752. The number of hydrogen-bond acceptors (Lipinski definition) is 1. The van der Waals surface area contributed by atoms with Crippen LogP contribution in [0, 0.1) is 12.3 Å². The maximum absolute atomic E-state index is 5.11. The van der Waals surface area contributed by atoms with E-state index in [1.165, 1.54) is 30.8 Å². The number of unbranched alkanes of at least 4 members (excludes halogenated alkanes) is 3. The maximum atomic E-state index is 5.11. The Hall–Kier alpha value is -0.0900. The molecule has 0 fully saturated rings. The first-order valence-electron chi connectivity index (χ1n) is 3.93. The molecule has 0 nitrogen and oxygen atoms in total. The van der Waals surface area contributed by atoms with Gasteiger partial charge in [0, 0.05) is 6.42 Å². The Kier molecular flexibility index (Phi) is 8.83. The normalized spacial score (nSPS) is 9.20. The average Bonchev–Trinajstić information content (AvgIpc) is 1.97. The molecule has 58 valence electrons. The third kappa shape index (κ3) is 7.91. The molecule has 0 bridgehead atoms. The van der Waals surface area contributed by atoms with Gasteiger partial charge in [-0.2, -0.15) is 11.8 Å². The van der Waals surface area contributed by atoms with E-state index in [1.54, 1.807) is 0 Å². The quantitative estimate of drug-likeness (QED) is 0.421. The molecule has 0 rings (SSSR count). The molecular weight excluding hydrogens is 140 g/mol. The van der Waals surface area contributed by atoms with Crippen LogP contribution in [0.25, 0.3) is 0 Å². The fourth-order valence-corrected chi connectivity index (χ4v) is 1.45. The second kappa shape index (κ2) is 8.91. The van der Waals surface area contributed by atoms with Crippen LogP contribution in [0.15, 0.2) is 0 Å². The van der Waals surface area contributed by atoms with E-state index in [1.807, 2.05) is 11.8 Å². The van der Waals surface area contributed by atoms with Gasteiger partial charge in [0.15, 0.2) is 0 Å². The Morgan fingerprint density at radius 2 is 2.10 bits per heavy atom. The number of terminal acetylenes is 1. The van der Waals surface area contributed by atoms with Crippen molar-refractivity contribution in [1.82, 2.24) is 0 Å². The third-order valence-corrected chi connectivity index (χ3v) is 2.30. The first kappa shape index (κ1) is 9.91. The van der Waals surface area contributed by atoms with Crippen molar-refractivity contribution >= 4 is 11.8 Å². The van der Waals surface area contributed by atoms with Gasteiger partial charge in [-0.3, -0.25) is 0 Å². The van der Waals surface area contributed by atoms with Crippen LogP contribution in [0.1, 0.15) is 32.6 Å². The van der Waals surface area contributed by atoms with Crippen molar-refractivity contribution in [2.24, 2.45) is 0 Å². The van der Waals surface area contributed by atoms with Crippen molar-refractivity contribution in [2.75, 3.05) is 11.5 Å². The van der Waals surface area contributed by atoms with Crippen LogP contribution in [-0.4, -0.2) is 11.5 Å². The predicted molar refractivity (Wildman–Crippen MR) is 50.3 cm³/mol. The van der Waals surface area contributed by atoms with Crippen molar-refractivity contribution in [1.29, 1.82) is 0 Å². The summed E-state index contributed by atoms with van der Waals surface area (Å²) in [5, 5.41) is 0. The lowest BCUT2D eigenvalue weighted by molar-refractivity contribution is 0.743. The Morgan fingerprint density at radius 3 is 2.70 bits per heavy atom. The van der Waals surface area contributed by atoms with Crippen molar-refractivity contribution in [2.45, 2.75) is 32.6 Å². The topological polar surface area (TPSA) is 0 Å². The lowest BCUT2D eigenvalue weighted by Crippen LogP contribution is -1.80. The predicted octanol–water partition coefficient (Wildman–Crippen LogP) is 2.93. The smallest absolute Gasteiger partial charge is 0.00860 e. The molecule has 1 heteroatoms. The number of rotatable bonds is 6. The minimum absolute atomic E-state index is 0.955. The molecule has 0 radical (unpaired) electrons. The fraction of sp³-hybridized carbons (Fsp3) is 0.778. The first-order chi connectivity index (χ1) is 4.91. The standard InChI is InChI=1S/C9H16S/c1-3-5-6-7-8-9-10-4-2/h1H,4-9H2,2H3. The second-order valence-electron chi connectivity index (χ2n) is 2.21. The summed E-state index contributed by atoms with van der Waals surface area (Å²) >= 11 is 2.01. The van der Waals surface area contributed by atoms with Gasteiger partial charge < -0.3 is 0 Å². The van der Waals surface area contributed by atoms with Gasteiger partial charge in [0.25, 0.3) is 0 Å². The van der Waals surface area contributed by atoms with E-state index >= 15 is 0 Å². The zero-order valence-electron chi connectivity index (χ0n) is 6.73. The minimum Gasteiger partial charge on any atom is -0.162 e. The van der Waals surface area contributed by atoms with Crippen molar-refractivity contribution < 1.29 is 0 Å². The molecule has 0 amide bonds. The highest BCUT2D eigenvalue weighted by Gasteiger charge is 1.86. The Bertz CT molecular complexity index is 91.4. The van der Waals surface area contributed by atoms with Gasteiger partial charge in [0.1, 0.15) is 0 Å². The average molecular weight is 156 g/mol. The van der Waals surface area contributed by atoms with Gasteiger partial charge in [-0.15, -0.1) is 12.3 Å². The molecule has 0 aromatic heterocycles. The summed E-state index contributed by atoms with van der Waals surface area (Å²) in [6.07, 6.45) is 9.91. The lowest BCUT2D eigenvalue weighted by atomic mass is 10.2. The SMILES string of the molecule is C#CCCCCCSCC. The Morgan fingerprint density at radius 1 is 1.30 bits per heavy atom. The van der Waals surface area contributed by atoms with E-state index < -0.39 is 0 Å². The van der Waals surface area contributed by atoms with Crippen LogP contribution in [0.4, 0.5) is 0 Å². The molecule has 0 aliphatic heterocycles. The summed E-state index contributed by atoms with van der Waals surface area (Å²) in [5.41, 5.74) is 0. The van der Waals surface area contributed by atoms with E-state index in [9.17, 15) is 0 Å². The van der Waals surface area contributed by atoms with E-state index in [0.717, 1.165) is 6.42 Å². The highest BCUT2D eigenvalue weighted by Crippen LogP contribution is 2.06. The molecule has 0 spiro atoms. The molecule has 0 aliphatic rings. The lowest BCUT2D eigenvalue weighted by Gasteiger charge is -1.96. The summed E-state index contributed by atoms with van der Waals surface area (Å²) in [5.74, 6) is 5.20. The van der Waals surface area contributed by atoms with E-state index in [0.29, 0.717) is 0 Å². The summed E-state index contributed by atoms with van der Waals surface area (Å²) in [6.45, 7) is 2.20. The Balaban J connectivity index is 2.72. The second-order valence-corrected chi connectivity index (χ2v) is 3.61. The van der Waals surface area contributed by atoms with Crippen LogP contribution in [0.3, 0.4) is 0 Å². The van der Waals surface area contributed by atoms with Crippen LogP contribution < -0.4 is 0 Å². The maximum Gasteiger partial charge on any atom is 0.00860 e. The molecule has 0 aliphatic carbocycles. The minimum atomic E-state index is 0.955. The van der Waals surface area contributed by atoms with E-state index in [-0.39, 0.29) is 0 Å². The molecule has 10 heavy (non-hydrogen) atoms. The molecular formula is C9H16S. The van der Waals surface area contributed by atoms with Crippen LogP contribution in [0.2, 0.25) is 0 Å². The van der Waals surface area contributed by atoms with Gasteiger partial charge in [-0.1, -0.05) is 13.3 Å². The molecule has 0 N–H and O–H groups in total. The molecule has 0 aromatic rings. The van der Waals surface area contributed by atoms with Gasteiger partial charge in [0.2, 0.25) is 0 Å². The van der Waals surface area contributed by atoms with Crippen LogP contribution >= 0.6 is 11.8 Å². The summed E-state index contributed by atoms with van der Waals surface area (Å²) in [4.78, 5) is 0. The molecule has 0 atom stereocenters. The van der Waals surface area contributed by atoms with E-state index in [2.05, 4.69) is 12.8 Å². The summed E-state index contributed by atoms with van der Waals surface area (Å²) < 4.78 is 0. The zero-order chi connectivity index (χ0) is 7.66. The van der Waals surface area contributed by atoms with Crippen molar-refractivity contribution in [3.8, 4) is 12.3 Å². The molecule has 0 heterocycles. The van der Waals surface area contributed by atoms with Crippen LogP contribution in [-0.2, 0) is 0 Å². The summed E-state index contributed by atoms with van der Waals surface area (Å²) in [7, 11) is 0.